The molecule has 0 unspecified atom stereocenters. The van der Waals surface area contributed by atoms with Gasteiger partial charge in [-0.3, -0.25) is 19.7 Å². The van der Waals surface area contributed by atoms with Crippen LogP contribution in [0.25, 0.3) is 0 Å². The smallest absolute Gasteiger partial charge is 0.287 e. The molecule has 29 heavy (non-hydrogen) atoms. The Hall–Kier alpha value is -3.75. The summed E-state index contributed by atoms with van der Waals surface area (Å²) in [6.45, 7) is 5.66. The molecule has 1 heterocycles. The van der Waals surface area contributed by atoms with Crippen LogP contribution in [0.1, 0.15) is 50.6 Å². The number of carbonyl (C=O) groups excluding carboxylic acids is 2. The van der Waals surface area contributed by atoms with E-state index in [2.05, 4.69) is 22.4 Å². The van der Waals surface area contributed by atoms with E-state index in [1.54, 1.807) is 13.0 Å². The Labute approximate surface area is 166 Å². The molecule has 0 bridgehead atoms. The van der Waals surface area contributed by atoms with Crippen LogP contribution >= 0.6 is 0 Å². The maximum atomic E-state index is 12.4. The summed E-state index contributed by atoms with van der Waals surface area (Å²) in [5.74, 6) is -0.0208. The van der Waals surface area contributed by atoms with Gasteiger partial charge >= 0.3 is 0 Å². The number of amides is 2. The van der Waals surface area contributed by atoms with Gasteiger partial charge in [-0.1, -0.05) is 12.1 Å². The molecule has 1 aliphatic carbocycles. The number of non-ortho nitro benzene ring substituents is 1. The number of fused-ring (bicyclic) bond motifs is 1. The summed E-state index contributed by atoms with van der Waals surface area (Å²) >= 11 is 0. The summed E-state index contributed by atoms with van der Waals surface area (Å²) in [5.41, 5.74) is 4.39. The average Bonchev–Trinajstić information content (AvgIpc) is 3.07. The van der Waals surface area contributed by atoms with Crippen molar-refractivity contribution in [3.63, 3.8) is 0 Å². The molecule has 9 heteroatoms. The van der Waals surface area contributed by atoms with Gasteiger partial charge < -0.3 is 9.73 Å². The summed E-state index contributed by atoms with van der Waals surface area (Å²) < 4.78 is 5.74. The van der Waals surface area contributed by atoms with Crippen LogP contribution in [0.2, 0.25) is 0 Å². The average molecular weight is 396 g/mol. The van der Waals surface area contributed by atoms with Crippen molar-refractivity contribution in [1.29, 1.82) is 0 Å². The Morgan fingerprint density at radius 1 is 1.34 bits per heavy atom. The molecule has 0 fully saturated rings. The molecule has 0 radical (unpaired) electrons. The summed E-state index contributed by atoms with van der Waals surface area (Å²) in [5, 5.41) is 17.8. The van der Waals surface area contributed by atoms with Crippen molar-refractivity contribution >= 4 is 23.2 Å². The second-order valence-electron chi connectivity index (χ2n) is 6.51. The molecule has 1 aliphatic rings. The largest absolute Gasteiger partial charge is 0.455 e. The lowest BCUT2D eigenvalue weighted by Gasteiger charge is -2.13. The predicted octanol–water partition coefficient (Wildman–Crippen LogP) is 2.88. The Bertz CT molecular complexity index is 1020. The van der Waals surface area contributed by atoms with Crippen molar-refractivity contribution in [3.8, 4) is 0 Å². The highest BCUT2D eigenvalue weighted by Gasteiger charge is 2.28. The van der Waals surface area contributed by atoms with Crippen LogP contribution in [-0.2, 0) is 6.42 Å². The van der Waals surface area contributed by atoms with E-state index < -0.39 is 10.8 Å². The van der Waals surface area contributed by atoms with E-state index in [4.69, 9.17) is 4.42 Å². The minimum atomic E-state index is -0.566. The number of aryl methyl sites for hydroxylation is 1. The molecule has 1 aromatic heterocycles. The molecule has 3 rings (SSSR count). The van der Waals surface area contributed by atoms with Crippen molar-refractivity contribution in [2.45, 2.75) is 26.2 Å². The highest BCUT2D eigenvalue weighted by atomic mass is 16.6. The lowest BCUT2D eigenvalue weighted by Crippen LogP contribution is -2.24. The topological polar surface area (TPSA) is 127 Å². The Morgan fingerprint density at radius 2 is 2.14 bits per heavy atom. The zero-order valence-electron chi connectivity index (χ0n) is 15.9. The number of carbonyl (C=O) groups is 2. The van der Waals surface area contributed by atoms with E-state index in [0.29, 0.717) is 36.4 Å². The van der Waals surface area contributed by atoms with Gasteiger partial charge in [0.25, 0.3) is 17.5 Å². The molecule has 0 spiro atoms. The number of furan rings is 1. The zero-order chi connectivity index (χ0) is 21.0. The van der Waals surface area contributed by atoms with E-state index in [-0.39, 0.29) is 22.9 Å². The second-order valence-corrected chi connectivity index (χ2v) is 6.51. The van der Waals surface area contributed by atoms with Gasteiger partial charge in [0.15, 0.2) is 5.76 Å². The number of hydrogen-bond acceptors (Lipinski definition) is 6. The summed E-state index contributed by atoms with van der Waals surface area (Å²) in [6.07, 6.45) is 3.62. The third-order valence-electron chi connectivity index (χ3n) is 4.55. The molecule has 0 saturated heterocycles. The predicted molar refractivity (Wildman–Crippen MR) is 106 cm³/mol. The van der Waals surface area contributed by atoms with Gasteiger partial charge in [0.2, 0.25) is 0 Å². The number of nitrogens with zero attached hydrogens (tertiary/aromatic N) is 2. The number of hydrazone groups is 1. The monoisotopic (exact) mass is 396 g/mol. The minimum absolute atomic E-state index is 0.132. The third-order valence-corrected chi connectivity index (χ3v) is 4.55. The maximum Gasteiger partial charge on any atom is 0.287 e. The quantitative estimate of drug-likeness (QED) is 0.441. The first-order valence-electron chi connectivity index (χ1n) is 9.05. The van der Waals surface area contributed by atoms with Crippen molar-refractivity contribution in [3.05, 3.63) is 75.2 Å². The lowest BCUT2D eigenvalue weighted by molar-refractivity contribution is -0.384. The molecule has 2 aromatic rings. The molecular formula is C20H20N4O5. The summed E-state index contributed by atoms with van der Waals surface area (Å²) in [4.78, 5) is 34.9. The van der Waals surface area contributed by atoms with Crippen molar-refractivity contribution in [2.75, 3.05) is 6.54 Å². The van der Waals surface area contributed by atoms with Gasteiger partial charge in [0.1, 0.15) is 5.76 Å². The molecule has 0 saturated carbocycles. The van der Waals surface area contributed by atoms with E-state index in [9.17, 15) is 19.7 Å². The van der Waals surface area contributed by atoms with Crippen LogP contribution in [0.4, 0.5) is 5.69 Å². The first-order chi connectivity index (χ1) is 13.9. The van der Waals surface area contributed by atoms with E-state index in [0.717, 1.165) is 12.0 Å². The number of benzene rings is 1. The SMILES string of the molecule is C=CCNC(=O)c1oc2c(c1C)/C(=N/NC(=O)c1cccc([N+](=O)[O-])c1)CCC2. The van der Waals surface area contributed by atoms with E-state index in [1.807, 2.05) is 0 Å². The maximum absolute atomic E-state index is 12.4. The van der Waals surface area contributed by atoms with Crippen LogP contribution in [-0.4, -0.2) is 29.0 Å². The Kier molecular flexibility index (Phi) is 5.87. The number of nitro benzene ring substituents is 1. The molecule has 0 atom stereocenters. The summed E-state index contributed by atoms with van der Waals surface area (Å²) in [7, 11) is 0. The van der Waals surface area contributed by atoms with Crippen molar-refractivity contribution in [2.24, 2.45) is 5.10 Å². The van der Waals surface area contributed by atoms with Crippen LogP contribution in [0.15, 0.2) is 46.4 Å². The van der Waals surface area contributed by atoms with Crippen LogP contribution in [0, 0.1) is 17.0 Å². The highest BCUT2D eigenvalue weighted by Crippen LogP contribution is 2.29. The van der Waals surface area contributed by atoms with Crippen LogP contribution in [0.5, 0.6) is 0 Å². The van der Waals surface area contributed by atoms with Gasteiger partial charge in [-0.05, 0) is 25.8 Å². The van der Waals surface area contributed by atoms with Crippen molar-refractivity contribution < 1.29 is 18.9 Å². The Balaban J connectivity index is 1.83. The standard InChI is InChI=1S/C20H20N4O5/c1-3-10-21-20(26)18-12(2)17-15(8-5-9-16(17)29-18)22-23-19(25)13-6-4-7-14(11-13)24(27)28/h3-4,6-7,11H,1,5,8-10H2,2H3,(H,21,26)(H,23,25)/b22-15+. The minimum Gasteiger partial charge on any atom is -0.455 e. The normalized spacial score (nSPS) is 14.2. The molecule has 1 aromatic carbocycles. The molecule has 2 N–H and O–H groups in total. The van der Waals surface area contributed by atoms with Gasteiger partial charge in [0.05, 0.1) is 10.6 Å². The summed E-state index contributed by atoms with van der Waals surface area (Å²) in [6, 6.07) is 5.41. The van der Waals surface area contributed by atoms with E-state index >= 15 is 0 Å². The van der Waals surface area contributed by atoms with Gasteiger partial charge in [-0.25, -0.2) is 5.43 Å². The first-order valence-corrected chi connectivity index (χ1v) is 9.05. The fourth-order valence-corrected chi connectivity index (χ4v) is 3.19. The second kappa shape index (κ2) is 8.51. The highest BCUT2D eigenvalue weighted by molar-refractivity contribution is 6.07. The first kappa shape index (κ1) is 20.0. The van der Waals surface area contributed by atoms with Crippen LogP contribution in [0.3, 0.4) is 0 Å². The molecule has 2 amide bonds. The Morgan fingerprint density at radius 3 is 2.86 bits per heavy atom. The third kappa shape index (κ3) is 4.23. The lowest BCUT2D eigenvalue weighted by atomic mass is 9.93. The number of hydrogen-bond donors (Lipinski definition) is 2. The van der Waals surface area contributed by atoms with Gasteiger partial charge in [0, 0.05) is 41.8 Å². The number of nitrogens with one attached hydrogen (secondary N) is 2. The molecular weight excluding hydrogens is 376 g/mol. The van der Waals surface area contributed by atoms with Gasteiger partial charge in [-0.2, -0.15) is 5.10 Å². The zero-order valence-corrected chi connectivity index (χ0v) is 15.9. The number of rotatable bonds is 6. The van der Waals surface area contributed by atoms with E-state index in [1.165, 1.54) is 24.3 Å². The molecule has 150 valence electrons. The number of nitro groups is 1. The van der Waals surface area contributed by atoms with Crippen molar-refractivity contribution in [1.82, 2.24) is 10.7 Å². The van der Waals surface area contributed by atoms with Crippen LogP contribution < -0.4 is 10.7 Å². The molecule has 9 nitrogen and oxygen atoms in total. The van der Waals surface area contributed by atoms with Gasteiger partial charge in [-0.15, -0.1) is 6.58 Å². The fraction of sp³-hybridized carbons (Fsp3) is 0.250. The molecule has 0 aliphatic heterocycles. The fourth-order valence-electron chi connectivity index (χ4n) is 3.19.